The first-order valence-electron chi connectivity index (χ1n) is 11.9. The maximum absolute atomic E-state index is 14.6. The fourth-order valence-corrected chi connectivity index (χ4v) is 4.54. The lowest BCUT2D eigenvalue weighted by molar-refractivity contribution is -0.0665. The molecule has 2 aliphatic heterocycles. The fraction of sp³-hybridized carbons (Fsp3) is 0.583. The van der Waals surface area contributed by atoms with E-state index in [0.29, 0.717) is 31.9 Å². The van der Waals surface area contributed by atoms with Crippen molar-refractivity contribution in [3.05, 3.63) is 47.0 Å². The number of esters is 1. The van der Waals surface area contributed by atoms with Crippen LogP contribution in [0.1, 0.15) is 62.2 Å². The van der Waals surface area contributed by atoms with Gasteiger partial charge in [-0.1, -0.05) is 0 Å². The van der Waals surface area contributed by atoms with Gasteiger partial charge in [-0.25, -0.2) is 18.4 Å². The number of ether oxygens (including phenoxy) is 3. The Hall–Kier alpha value is -3.12. The summed E-state index contributed by atoms with van der Waals surface area (Å²) in [6, 6.07) is 2.34. The molecule has 2 aromatic rings. The molecule has 1 aromatic carbocycles. The van der Waals surface area contributed by atoms with Crippen LogP contribution >= 0.6 is 0 Å². The number of fused-ring (bicyclic) bond motifs is 1. The molecular formula is C24H31F2N5O5. The molecule has 36 heavy (non-hydrogen) atoms. The zero-order chi connectivity index (χ0) is 26.0. The zero-order valence-electron chi connectivity index (χ0n) is 20.8. The molecule has 0 radical (unpaired) electrons. The van der Waals surface area contributed by atoms with E-state index in [1.54, 1.807) is 32.3 Å². The first-order valence-corrected chi connectivity index (χ1v) is 11.9. The maximum atomic E-state index is 14.6. The fourth-order valence-electron chi connectivity index (χ4n) is 4.54. The van der Waals surface area contributed by atoms with Crippen molar-refractivity contribution in [3.8, 4) is 0 Å². The van der Waals surface area contributed by atoms with Crippen molar-refractivity contribution in [3.63, 3.8) is 0 Å². The molecular weight excluding hydrogens is 476 g/mol. The summed E-state index contributed by atoms with van der Waals surface area (Å²) in [4.78, 5) is 26.8. The SMILES string of the molecule is CCOC(=O)c1nnc2n1CCN([C@H]1CO[C@H](c3cc(F)ccc3F)[C@@H](NC(=O)OC(C)(C)C)C1)C2. The van der Waals surface area contributed by atoms with E-state index in [4.69, 9.17) is 14.2 Å². The maximum Gasteiger partial charge on any atom is 0.407 e. The lowest BCUT2D eigenvalue weighted by Gasteiger charge is -2.42. The topological polar surface area (TPSA) is 108 Å². The number of carbonyl (C=O) groups is 2. The van der Waals surface area contributed by atoms with Crippen LogP contribution in [-0.2, 0) is 27.3 Å². The van der Waals surface area contributed by atoms with Crippen LogP contribution in [0.5, 0.6) is 0 Å². The van der Waals surface area contributed by atoms with Crippen LogP contribution in [0.15, 0.2) is 18.2 Å². The molecule has 3 heterocycles. The summed E-state index contributed by atoms with van der Waals surface area (Å²) in [5.74, 6) is -0.960. The minimum atomic E-state index is -0.895. The standard InChI is InChI=1S/C24H31F2N5O5/c1-5-34-22(32)21-29-28-19-12-30(8-9-31(19)21)15-11-18(27-23(33)36-24(2,3)4)20(35-13-15)16-10-14(25)6-7-17(16)26/h6-7,10,15,18,20H,5,8-9,11-13H2,1-4H3,(H,27,33)/t15-,18+,20-/m1/s1. The van der Waals surface area contributed by atoms with Gasteiger partial charge < -0.3 is 24.1 Å². The number of carbonyl (C=O) groups excluding carboxylic acids is 2. The Labute approximate surface area is 207 Å². The summed E-state index contributed by atoms with van der Waals surface area (Å²) in [7, 11) is 0. The summed E-state index contributed by atoms with van der Waals surface area (Å²) in [6.45, 7) is 8.86. The number of hydrogen-bond donors (Lipinski definition) is 1. The number of alkyl carbamates (subject to hydrolysis) is 1. The lowest BCUT2D eigenvalue weighted by atomic mass is 9.92. The molecule has 1 N–H and O–H groups in total. The van der Waals surface area contributed by atoms with Crippen LogP contribution in [0.2, 0.25) is 0 Å². The number of nitrogens with zero attached hydrogens (tertiary/aromatic N) is 4. The highest BCUT2D eigenvalue weighted by Crippen LogP contribution is 2.33. The summed E-state index contributed by atoms with van der Waals surface area (Å²) in [6.07, 6.45) is -1.16. The molecule has 0 saturated carbocycles. The Morgan fingerprint density at radius 1 is 1.22 bits per heavy atom. The molecule has 2 aliphatic rings. The van der Waals surface area contributed by atoms with Crippen molar-refractivity contribution in [2.24, 2.45) is 0 Å². The minimum Gasteiger partial charge on any atom is -0.460 e. The average molecular weight is 508 g/mol. The van der Waals surface area contributed by atoms with Gasteiger partial charge in [0.15, 0.2) is 0 Å². The van der Waals surface area contributed by atoms with Crippen LogP contribution in [0, 0.1) is 11.6 Å². The third-order valence-electron chi connectivity index (χ3n) is 6.08. The molecule has 1 saturated heterocycles. The average Bonchev–Trinajstić information content (AvgIpc) is 3.23. The number of amides is 1. The quantitative estimate of drug-likeness (QED) is 0.616. The number of benzene rings is 1. The smallest absolute Gasteiger partial charge is 0.407 e. The van der Waals surface area contributed by atoms with E-state index < -0.39 is 41.4 Å². The van der Waals surface area contributed by atoms with Gasteiger partial charge in [0.05, 0.1) is 25.8 Å². The third kappa shape index (κ3) is 5.81. The highest BCUT2D eigenvalue weighted by atomic mass is 19.1. The van der Waals surface area contributed by atoms with Crippen molar-refractivity contribution >= 4 is 12.1 Å². The van der Waals surface area contributed by atoms with E-state index in [0.717, 1.165) is 18.2 Å². The Kier molecular flexibility index (Phi) is 7.55. The van der Waals surface area contributed by atoms with Gasteiger partial charge in [-0.05, 0) is 52.3 Å². The van der Waals surface area contributed by atoms with E-state index in [9.17, 15) is 18.4 Å². The molecule has 12 heteroatoms. The van der Waals surface area contributed by atoms with E-state index in [1.807, 2.05) is 0 Å². The van der Waals surface area contributed by atoms with Crippen molar-refractivity contribution in [2.75, 3.05) is 19.8 Å². The second-order valence-electron chi connectivity index (χ2n) is 9.84. The summed E-state index contributed by atoms with van der Waals surface area (Å²) < 4.78 is 46.8. The number of aromatic nitrogens is 3. The minimum absolute atomic E-state index is 0.0342. The second-order valence-corrected chi connectivity index (χ2v) is 9.84. The largest absolute Gasteiger partial charge is 0.460 e. The van der Waals surface area contributed by atoms with E-state index in [-0.39, 0.29) is 30.6 Å². The predicted octanol–water partition coefficient (Wildman–Crippen LogP) is 2.97. The summed E-state index contributed by atoms with van der Waals surface area (Å²) in [5, 5.41) is 10.9. The van der Waals surface area contributed by atoms with Gasteiger partial charge in [0.1, 0.15) is 29.2 Å². The van der Waals surface area contributed by atoms with Gasteiger partial charge in [-0.2, -0.15) is 0 Å². The van der Waals surface area contributed by atoms with E-state index in [2.05, 4.69) is 20.4 Å². The molecule has 3 atom stereocenters. The van der Waals surface area contributed by atoms with Gasteiger partial charge in [-0.15, -0.1) is 10.2 Å². The first-order chi connectivity index (χ1) is 17.1. The van der Waals surface area contributed by atoms with Gasteiger partial charge >= 0.3 is 12.1 Å². The van der Waals surface area contributed by atoms with Crippen molar-refractivity contribution in [1.82, 2.24) is 25.0 Å². The first kappa shape index (κ1) is 26.0. The zero-order valence-corrected chi connectivity index (χ0v) is 20.8. The van der Waals surface area contributed by atoms with Crippen LogP contribution < -0.4 is 5.32 Å². The molecule has 196 valence electrons. The van der Waals surface area contributed by atoms with Crippen molar-refractivity contribution in [2.45, 2.75) is 71.0 Å². The van der Waals surface area contributed by atoms with Crippen molar-refractivity contribution < 1.29 is 32.6 Å². The molecule has 1 amide bonds. The Balaban J connectivity index is 1.52. The molecule has 1 fully saturated rings. The normalized spacial score (nSPS) is 22.6. The second kappa shape index (κ2) is 10.5. The molecule has 0 aliphatic carbocycles. The summed E-state index contributed by atoms with van der Waals surface area (Å²) >= 11 is 0. The van der Waals surface area contributed by atoms with Crippen molar-refractivity contribution in [1.29, 1.82) is 0 Å². The molecule has 0 unspecified atom stereocenters. The Bertz CT molecular complexity index is 1120. The van der Waals surface area contributed by atoms with E-state index >= 15 is 0 Å². The van der Waals surface area contributed by atoms with Crippen LogP contribution in [-0.4, -0.2) is 69.2 Å². The molecule has 0 spiro atoms. The van der Waals surface area contributed by atoms with E-state index in [1.165, 1.54) is 0 Å². The highest BCUT2D eigenvalue weighted by Gasteiger charge is 2.39. The van der Waals surface area contributed by atoms with Crippen LogP contribution in [0.25, 0.3) is 0 Å². The molecule has 0 bridgehead atoms. The van der Waals surface area contributed by atoms with Crippen LogP contribution in [0.3, 0.4) is 0 Å². The Morgan fingerprint density at radius 3 is 2.72 bits per heavy atom. The number of hydrogen-bond acceptors (Lipinski definition) is 8. The van der Waals surface area contributed by atoms with Gasteiger partial charge in [0.2, 0.25) is 5.82 Å². The highest BCUT2D eigenvalue weighted by molar-refractivity contribution is 5.85. The third-order valence-corrected chi connectivity index (χ3v) is 6.08. The van der Waals surface area contributed by atoms with Crippen LogP contribution in [0.4, 0.5) is 13.6 Å². The monoisotopic (exact) mass is 507 g/mol. The predicted molar refractivity (Wildman–Crippen MR) is 123 cm³/mol. The van der Waals surface area contributed by atoms with Gasteiger partial charge in [0, 0.05) is 24.7 Å². The van der Waals surface area contributed by atoms with Gasteiger partial charge in [0.25, 0.3) is 0 Å². The number of halogens is 2. The lowest BCUT2D eigenvalue weighted by Crippen LogP contribution is -2.54. The Morgan fingerprint density at radius 2 is 2.00 bits per heavy atom. The molecule has 1 aromatic heterocycles. The van der Waals surface area contributed by atoms with Gasteiger partial charge in [-0.3, -0.25) is 4.90 Å². The number of nitrogens with one attached hydrogen (secondary N) is 1. The summed E-state index contributed by atoms with van der Waals surface area (Å²) in [5.41, 5.74) is -0.696. The number of rotatable bonds is 5. The molecule has 10 nitrogen and oxygen atoms in total. The molecule has 4 rings (SSSR count).